The van der Waals surface area contributed by atoms with Crippen LogP contribution in [-0.4, -0.2) is 49.4 Å². The van der Waals surface area contributed by atoms with Gasteiger partial charge in [-0.05, 0) is 26.0 Å². The molecule has 162 valence electrons. The van der Waals surface area contributed by atoms with Crippen LogP contribution in [0.15, 0.2) is 18.2 Å². The topological polar surface area (TPSA) is 92.0 Å². The first-order chi connectivity index (χ1) is 14.8. The zero-order valence-corrected chi connectivity index (χ0v) is 17.8. The predicted octanol–water partition coefficient (Wildman–Crippen LogP) is 2.35. The maximum absolute atomic E-state index is 13.9. The monoisotopic (exact) mass is 445 g/mol. The first kappa shape index (κ1) is 20.2. The van der Waals surface area contributed by atoms with Crippen molar-refractivity contribution >= 4 is 23.2 Å². The van der Waals surface area contributed by atoms with Gasteiger partial charge in [0, 0.05) is 24.6 Å². The normalized spacial score (nSPS) is 20.5. The van der Waals surface area contributed by atoms with Crippen LogP contribution in [-0.2, 0) is 13.1 Å². The summed E-state index contributed by atoms with van der Waals surface area (Å²) >= 11 is 6.29. The molecule has 1 fully saturated rings. The van der Waals surface area contributed by atoms with Gasteiger partial charge in [-0.1, -0.05) is 11.6 Å². The van der Waals surface area contributed by atoms with Crippen LogP contribution in [0, 0.1) is 19.7 Å². The summed E-state index contributed by atoms with van der Waals surface area (Å²) < 4.78 is 21.4. The average Bonchev–Trinajstić information content (AvgIpc) is 3.42. The van der Waals surface area contributed by atoms with Gasteiger partial charge in [0.05, 0.1) is 40.8 Å². The third-order valence-electron chi connectivity index (χ3n) is 5.83. The molecule has 1 saturated heterocycles. The van der Waals surface area contributed by atoms with E-state index < -0.39 is 18.1 Å². The van der Waals surface area contributed by atoms with Crippen molar-refractivity contribution < 1.29 is 19.0 Å². The molecule has 3 aromatic rings. The summed E-state index contributed by atoms with van der Waals surface area (Å²) in [4.78, 5) is 19.5. The second-order valence-electron chi connectivity index (χ2n) is 7.90. The number of benzene rings is 1. The fourth-order valence-corrected chi connectivity index (χ4v) is 4.27. The summed E-state index contributed by atoms with van der Waals surface area (Å²) in [6.45, 7) is 4.93. The lowest BCUT2D eigenvalue weighted by molar-refractivity contribution is 0.0455. The van der Waals surface area contributed by atoms with Crippen molar-refractivity contribution in [2.24, 2.45) is 0 Å². The molecule has 2 atom stereocenters. The number of nitrogens with one attached hydrogen (secondary N) is 1. The first-order valence-corrected chi connectivity index (χ1v) is 10.4. The Bertz CT molecular complexity index is 1210. The SMILES string of the molecule is Cc1nc2c3c(nn2c(C)c1Cl)CN(C(=O)c1ccc(F)cc1O[C@@H]1CCNC1O)C3. The number of aliphatic hydroxyl groups excluding tert-OH is 1. The van der Waals surface area contributed by atoms with Crippen molar-refractivity contribution in [3.05, 3.63) is 57.2 Å². The number of aliphatic hydroxyl groups is 1. The molecule has 0 aliphatic carbocycles. The van der Waals surface area contributed by atoms with Crippen LogP contribution in [0.4, 0.5) is 4.39 Å². The van der Waals surface area contributed by atoms with Crippen molar-refractivity contribution in [3.63, 3.8) is 0 Å². The lowest BCUT2D eigenvalue weighted by Crippen LogP contribution is -2.34. The third-order valence-corrected chi connectivity index (χ3v) is 6.38. The number of rotatable bonds is 3. The molecule has 10 heteroatoms. The summed E-state index contributed by atoms with van der Waals surface area (Å²) in [6, 6.07) is 3.82. The molecule has 4 heterocycles. The number of aromatic nitrogens is 3. The standard InChI is InChI=1S/C21H21ClFN5O3/c1-10-18(22)11(2)28-19(25-10)14-8-27(9-15(14)26-28)21(30)13-4-3-12(23)7-17(13)31-16-5-6-24-20(16)29/h3-4,7,16,20,24,29H,5-6,8-9H2,1-2H3/t16-,20?/m1/s1. The molecule has 2 aliphatic rings. The van der Waals surface area contributed by atoms with Gasteiger partial charge in [0.2, 0.25) is 0 Å². The number of fused-ring (bicyclic) bond motifs is 3. The van der Waals surface area contributed by atoms with Crippen LogP contribution in [0.25, 0.3) is 5.65 Å². The lowest BCUT2D eigenvalue weighted by atomic mass is 10.1. The van der Waals surface area contributed by atoms with Crippen molar-refractivity contribution in [1.82, 2.24) is 24.8 Å². The quantitative estimate of drug-likeness (QED) is 0.643. The fourth-order valence-electron chi connectivity index (χ4n) is 4.15. The van der Waals surface area contributed by atoms with E-state index in [1.165, 1.54) is 18.2 Å². The van der Waals surface area contributed by atoms with Crippen molar-refractivity contribution in [2.75, 3.05) is 6.54 Å². The highest BCUT2D eigenvalue weighted by atomic mass is 35.5. The number of amides is 1. The van der Waals surface area contributed by atoms with Crippen molar-refractivity contribution in [3.8, 4) is 5.75 Å². The fraction of sp³-hybridized carbons (Fsp3) is 0.381. The number of halogens is 2. The van der Waals surface area contributed by atoms with Gasteiger partial charge in [0.15, 0.2) is 5.65 Å². The molecular formula is C21H21ClFN5O3. The molecule has 1 unspecified atom stereocenters. The number of nitrogens with zero attached hydrogens (tertiary/aromatic N) is 4. The van der Waals surface area contributed by atoms with E-state index >= 15 is 0 Å². The second-order valence-corrected chi connectivity index (χ2v) is 8.28. The van der Waals surface area contributed by atoms with E-state index in [4.69, 9.17) is 16.3 Å². The molecule has 2 aromatic heterocycles. The third kappa shape index (κ3) is 3.33. The van der Waals surface area contributed by atoms with Crippen molar-refractivity contribution in [1.29, 1.82) is 0 Å². The van der Waals surface area contributed by atoms with Gasteiger partial charge in [-0.2, -0.15) is 5.10 Å². The molecule has 31 heavy (non-hydrogen) atoms. The van der Waals surface area contributed by atoms with E-state index in [1.54, 1.807) is 9.42 Å². The highest BCUT2D eigenvalue weighted by molar-refractivity contribution is 6.31. The van der Waals surface area contributed by atoms with E-state index in [2.05, 4.69) is 15.4 Å². The van der Waals surface area contributed by atoms with Gasteiger partial charge in [0.1, 0.15) is 23.9 Å². The Kier molecular flexibility index (Phi) is 4.84. The number of hydrogen-bond donors (Lipinski definition) is 2. The van der Waals surface area contributed by atoms with Crippen LogP contribution in [0.2, 0.25) is 5.02 Å². The molecule has 1 aromatic carbocycles. The zero-order chi connectivity index (χ0) is 21.9. The summed E-state index contributed by atoms with van der Waals surface area (Å²) in [5, 5.41) is 18.0. The Morgan fingerprint density at radius 3 is 2.90 bits per heavy atom. The number of hydrogen-bond acceptors (Lipinski definition) is 6. The van der Waals surface area contributed by atoms with E-state index in [0.717, 1.165) is 17.0 Å². The maximum Gasteiger partial charge on any atom is 0.258 e. The molecule has 2 N–H and O–H groups in total. The summed E-state index contributed by atoms with van der Waals surface area (Å²) in [7, 11) is 0. The first-order valence-electron chi connectivity index (χ1n) is 10.0. The number of ether oxygens (including phenoxy) is 1. The molecule has 5 rings (SSSR count). The maximum atomic E-state index is 13.9. The van der Waals surface area contributed by atoms with Gasteiger partial charge < -0.3 is 14.7 Å². The Morgan fingerprint density at radius 2 is 2.16 bits per heavy atom. The van der Waals surface area contributed by atoms with Gasteiger partial charge in [-0.25, -0.2) is 13.9 Å². The Hall–Kier alpha value is -2.75. The van der Waals surface area contributed by atoms with Gasteiger partial charge >= 0.3 is 0 Å². The largest absolute Gasteiger partial charge is 0.485 e. The lowest BCUT2D eigenvalue weighted by Gasteiger charge is -2.21. The molecule has 0 spiro atoms. The van der Waals surface area contributed by atoms with Crippen LogP contribution >= 0.6 is 11.6 Å². The smallest absolute Gasteiger partial charge is 0.258 e. The van der Waals surface area contributed by atoms with Gasteiger partial charge in [-0.15, -0.1) is 0 Å². The highest BCUT2D eigenvalue weighted by Crippen LogP contribution is 2.32. The second kappa shape index (κ2) is 7.44. The van der Waals surface area contributed by atoms with E-state index in [-0.39, 0.29) is 17.2 Å². The minimum atomic E-state index is -0.861. The van der Waals surface area contributed by atoms with Crippen molar-refractivity contribution in [2.45, 2.75) is 45.7 Å². The summed E-state index contributed by atoms with van der Waals surface area (Å²) in [6.07, 6.45) is -0.849. The van der Waals surface area contributed by atoms with Gasteiger partial charge in [0.25, 0.3) is 5.91 Å². The molecule has 0 saturated carbocycles. The minimum absolute atomic E-state index is 0.119. The van der Waals surface area contributed by atoms with Crippen LogP contribution in [0.1, 0.15) is 39.4 Å². The van der Waals surface area contributed by atoms with E-state index in [0.29, 0.717) is 42.4 Å². The van der Waals surface area contributed by atoms with E-state index in [1.807, 2.05) is 13.8 Å². The van der Waals surface area contributed by atoms with E-state index in [9.17, 15) is 14.3 Å². The Balaban J connectivity index is 1.44. The summed E-state index contributed by atoms with van der Waals surface area (Å²) in [5.74, 6) is -0.691. The minimum Gasteiger partial charge on any atom is -0.485 e. The number of carbonyl (C=O) groups is 1. The number of carbonyl (C=O) groups excluding carboxylic acids is 1. The molecular weight excluding hydrogens is 425 g/mol. The van der Waals surface area contributed by atoms with Crippen LogP contribution < -0.4 is 10.1 Å². The Morgan fingerprint density at radius 1 is 1.35 bits per heavy atom. The predicted molar refractivity (Wildman–Crippen MR) is 110 cm³/mol. The molecule has 1 amide bonds. The van der Waals surface area contributed by atoms with Crippen LogP contribution in [0.3, 0.4) is 0 Å². The Labute approximate surface area is 182 Å². The molecule has 0 bridgehead atoms. The zero-order valence-electron chi connectivity index (χ0n) is 17.0. The molecule has 0 radical (unpaired) electrons. The van der Waals surface area contributed by atoms with Gasteiger partial charge in [-0.3, -0.25) is 10.1 Å². The molecule has 8 nitrogen and oxygen atoms in total. The number of aryl methyl sites for hydroxylation is 2. The highest BCUT2D eigenvalue weighted by Gasteiger charge is 2.33. The molecule has 2 aliphatic heterocycles. The average molecular weight is 446 g/mol. The van der Waals surface area contributed by atoms with Crippen LogP contribution in [0.5, 0.6) is 5.75 Å². The summed E-state index contributed by atoms with van der Waals surface area (Å²) in [5.41, 5.74) is 4.06.